The molecule has 70 valence electrons. The SMILES string of the molecule is COOC1(OC)CCC(=O)CC1. The second-order valence-corrected chi connectivity index (χ2v) is 2.90. The van der Waals surface area contributed by atoms with Gasteiger partial charge in [-0.1, -0.05) is 0 Å². The van der Waals surface area contributed by atoms with Crippen LogP contribution in [0.15, 0.2) is 0 Å². The lowest BCUT2D eigenvalue weighted by Gasteiger charge is -2.32. The van der Waals surface area contributed by atoms with Crippen LogP contribution in [0.3, 0.4) is 0 Å². The van der Waals surface area contributed by atoms with Crippen molar-refractivity contribution in [2.24, 2.45) is 0 Å². The van der Waals surface area contributed by atoms with Crippen molar-refractivity contribution in [2.75, 3.05) is 14.2 Å². The minimum absolute atomic E-state index is 0.266. The maximum atomic E-state index is 10.9. The Morgan fingerprint density at radius 1 is 1.25 bits per heavy atom. The van der Waals surface area contributed by atoms with Gasteiger partial charge >= 0.3 is 0 Å². The predicted octanol–water partition coefficient (Wildman–Crippen LogP) is 1.05. The average molecular weight is 174 g/mol. The van der Waals surface area contributed by atoms with Gasteiger partial charge in [-0.2, -0.15) is 0 Å². The molecular weight excluding hydrogens is 160 g/mol. The first kappa shape index (κ1) is 9.64. The van der Waals surface area contributed by atoms with Gasteiger partial charge in [0.25, 0.3) is 0 Å². The van der Waals surface area contributed by atoms with Gasteiger partial charge in [0.05, 0.1) is 7.11 Å². The molecule has 0 atom stereocenters. The van der Waals surface area contributed by atoms with E-state index >= 15 is 0 Å². The Labute approximate surface area is 71.7 Å². The molecule has 1 rings (SSSR count). The highest BCUT2D eigenvalue weighted by Gasteiger charge is 2.36. The molecule has 0 spiro atoms. The predicted molar refractivity (Wildman–Crippen MR) is 41.3 cm³/mol. The summed E-state index contributed by atoms with van der Waals surface area (Å²) in [7, 11) is 3.01. The van der Waals surface area contributed by atoms with E-state index in [0.29, 0.717) is 25.7 Å². The molecule has 1 aliphatic rings. The van der Waals surface area contributed by atoms with Crippen molar-refractivity contribution in [1.82, 2.24) is 0 Å². The Kier molecular flexibility index (Phi) is 3.20. The van der Waals surface area contributed by atoms with Crippen LogP contribution in [0.2, 0.25) is 0 Å². The summed E-state index contributed by atoms with van der Waals surface area (Å²) in [5, 5.41) is 0. The Balaban J connectivity index is 2.50. The number of rotatable bonds is 3. The van der Waals surface area contributed by atoms with Gasteiger partial charge in [-0.25, -0.2) is 9.78 Å². The molecule has 12 heavy (non-hydrogen) atoms. The van der Waals surface area contributed by atoms with Crippen molar-refractivity contribution < 1.29 is 19.3 Å². The zero-order valence-electron chi connectivity index (χ0n) is 7.46. The molecule has 0 aromatic heterocycles. The normalized spacial score (nSPS) is 22.7. The fourth-order valence-corrected chi connectivity index (χ4v) is 1.38. The number of Topliss-reactive ketones (excluding diaryl/α,β-unsaturated/α-hetero) is 1. The van der Waals surface area contributed by atoms with Crippen molar-refractivity contribution in [3.63, 3.8) is 0 Å². The van der Waals surface area contributed by atoms with Gasteiger partial charge in [0.15, 0.2) is 0 Å². The summed E-state index contributed by atoms with van der Waals surface area (Å²) in [6.45, 7) is 0. The fourth-order valence-electron chi connectivity index (χ4n) is 1.38. The Morgan fingerprint density at radius 2 is 1.83 bits per heavy atom. The van der Waals surface area contributed by atoms with Crippen molar-refractivity contribution in [3.8, 4) is 0 Å². The number of ketones is 1. The lowest BCUT2D eigenvalue weighted by Crippen LogP contribution is -2.38. The minimum atomic E-state index is -0.692. The second kappa shape index (κ2) is 3.98. The van der Waals surface area contributed by atoms with Crippen LogP contribution in [0.5, 0.6) is 0 Å². The molecule has 0 bridgehead atoms. The third-order valence-corrected chi connectivity index (χ3v) is 2.18. The molecule has 0 N–H and O–H groups in total. The second-order valence-electron chi connectivity index (χ2n) is 2.90. The highest BCUT2D eigenvalue weighted by atomic mass is 17.2. The Hall–Kier alpha value is -0.450. The minimum Gasteiger partial charge on any atom is -0.351 e. The third kappa shape index (κ3) is 2.03. The van der Waals surface area contributed by atoms with Crippen molar-refractivity contribution >= 4 is 5.78 Å². The fraction of sp³-hybridized carbons (Fsp3) is 0.875. The number of carbonyl (C=O) groups excluding carboxylic acids is 1. The van der Waals surface area contributed by atoms with E-state index in [-0.39, 0.29) is 5.78 Å². The van der Waals surface area contributed by atoms with E-state index in [1.54, 1.807) is 7.11 Å². The zero-order chi connectivity index (χ0) is 9.03. The van der Waals surface area contributed by atoms with Crippen LogP contribution in [0, 0.1) is 0 Å². The monoisotopic (exact) mass is 174 g/mol. The smallest absolute Gasteiger partial charge is 0.202 e. The summed E-state index contributed by atoms with van der Waals surface area (Å²) in [5.74, 6) is -0.426. The van der Waals surface area contributed by atoms with Crippen LogP contribution in [-0.2, 0) is 19.3 Å². The van der Waals surface area contributed by atoms with Gasteiger partial charge in [0.1, 0.15) is 5.78 Å². The molecule has 0 aromatic carbocycles. The van der Waals surface area contributed by atoms with Gasteiger partial charge in [0.2, 0.25) is 5.79 Å². The Morgan fingerprint density at radius 3 is 2.25 bits per heavy atom. The molecule has 4 heteroatoms. The van der Waals surface area contributed by atoms with Crippen molar-refractivity contribution in [3.05, 3.63) is 0 Å². The topological polar surface area (TPSA) is 44.8 Å². The quantitative estimate of drug-likeness (QED) is 0.364. The lowest BCUT2D eigenvalue weighted by atomic mass is 9.93. The average Bonchev–Trinajstić information content (AvgIpc) is 2.10. The number of hydrogen-bond acceptors (Lipinski definition) is 4. The lowest BCUT2D eigenvalue weighted by molar-refractivity contribution is -0.417. The van der Waals surface area contributed by atoms with Crippen LogP contribution in [-0.4, -0.2) is 25.8 Å². The Bertz CT molecular complexity index is 156. The molecule has 0 unspecified atom stereocenters. The highest BCUT2D eigenvalue weighted by molar-refractivity contribution is 5.79. The maximum Gasteiger partial charge on any atom is 0.202 e. The molecule has 1 fully saturated rings. The van der Waals surface area contributed by atoms with E-state index in [2.05, 4.69) is 4.89 Å². The summed E-state index contributed by atoms with van der Waals surface area (Å²) >= 11 is 0. The van der Waals surface area contributed by atoms with Gasteiger partial charge < -0.3 is 4.74 Å². The first-order valence-corrected chi connectivity index (χ1v) is 4.01. The summed E-state index contributed by atoms with van der Waals surface area (Å²) in [6.07, 6.45) is 2.18. The van der Waals surface area contributed by atoms with Gasteiger partial charge in [0, 0.05) is 32.8 Å². The van der Waals surface area contributed by atoms with Crippen LogP contribution in [0.4, 0.5) is 0 Å². The molecule has 0 aromatic rings. The standard InChI is InChI=1S/C8H14O4/c1-10-8(12-11-2)5-3-7(9)4-6-8/h3-6H2,1-2H3. The summed E-state index contributed by atoms with van der Waals surface area (Å²) in [6, 6.07) is 0. The first-order valence-electron chi connectivity index (χ1n) is 4.01. The van der Waals surface area contributed by atoms with E-state index in [4.69, 9.17) is 9.62 Å². The van der Waals surface area contributed by atoms with Gasteiger partial charge in [-0.3, -0.25) is 4.79 Å². The van der Waals surface area contributed by atoms with Crippen LogP contribution < -0.4 is 0 Å². The number of ether oxygens (including phenoxy) is 1. The molecule has 1 saturated carbocycles. The molecular formula is C8H14O4. The van der Waals surface area contributed by atoms with Crippen LogP contribution >= 0.6 is 0 Å². The largest absolute Gasteiger partial charge is 0.351 e. The summed E-state index contributed by atoms with van der Waals surface area (Å²) in [5.41, 5.74) is 0. The van der Waals surface area contributed by atoms with Crippen molar-refractivity contribution in [2.45, 2.75) is 31.5 Å². The zero-order valence-corrected chi connectivity index (χ0v) is 7.46. The molecule has 0 saturated heterocycles. The van der Waals surface area contributed by atoms with E-state index < -0.39 is 5.79 Å². The molecule has 1 aliphatic carbocycles. The third-order valence-electron chi connectivity index (χ3n) is 2.18. The highest BCUT2D eigenvalue weighted by Crippen LogP contribution is 2.30. The summed E-state index contributed by atoms with van der Waals surface area (Å²) < 4.78 is 5.17. The van der Waals surface area contributed by atoms with E-state index in [1.807, 2.05) is 0 Å². The molecule has 0 heterocycles. The molecule has 0 amide bonds. The van der Waals surface area contributed by atoms with Crippen LogP contribution in [0.1, 0.15) is 25.7 Å². The number of carbonyl (C=O) groups is 1. The van der Waals surface area contributed by atoms with E-state index in [0.717, 1.165) is 0 Å². The van der Waals surface area contributed by atoms with Crippen molar-refractivity contribution in [1.29, 1.82) is 0 Å². The van der Waals surface area contributed by atoms with Gasteiger partial charge in [-0.05, 0) is 0 Å². The molecule has 4 nitrogen and oxygen atoms in total. The molecule has 0 aliphatic heterocycles. The van der Waals surface area contributed by atoms with E-state index in [1.165, 1.54) is 7.11 Å². The number of hydrogen-bond donors (Lipinski definition) is 0. The first-order chi connectivity index (χ1) is 5.72. The molecule has 0 radical (unpaired) electrons. The number of methoxy groups -OCH3 is 1. The van der Waals surface area contributed by atoms with Gasteiger partial charge in [-0.15, -0.1) is 0 Å². The summed E-state index contributed by atoms with van der Waals surface area (Å²) in [4.78, 5) is 20.5. The van der Waals surface area contributed by atoms with Crippen LogP contribution in [0.25, 0.3) is 0 Å². The van der Waals surface area contributed by atoms with E-state index in [9.17, 15) is 4.79 Å². The maximum absolute atomic E-state index is 10.9.